The molecule has 26 heavy (non-hydrogen) atoms. The number of amides is 1. The van der Waals surface area contributed by atoms with Crippen LogP contribution in [0.2, 0.25) is 10.0 Å². The molecule has 3 rings (SSSR count). The maximum atomic E-state index is 12.3. The lowest BCUT2D eigenvalue weighted by molar-refractivity contribution is 0.0680. The third-order valence-corrected chi connectivity index (χ3v) is 4.34. The minimum Gasteiger partial charge on any atom is -0.477 e. The van der Waals surface area contributed by atoms with Crippen molar-refractivity contribution in [1.82, 2.24) is 19.6 Å². The highest BCUT2D eigenvalue weighted by atomic mass is 35.5. The average Bonchev–Trinajstić information content (AvgIpc) is 3.17. The van der Waals surface area contributed by atoms with Crippen molar-refractivity contribution in [3.63, 3.8) is 0 Å². The number of rotatable bonds is 5. The second-order valence-corrected chi connectivity index (χ2v) is 6.25. The van der Waals surface area contributed by atoms with Crippen molar-refractivity contribution in [2.24, 2.45) is 7.05 Å². The maximum Gasteiger partial charge on any atom is 0.354 e. The van der Waals surface area contributed by atoms with Crippen LogP contribution < -0.4 is 5.32 Å². The molecule has 0 atom stereocenters. The number of carbonyl (C=O) groups is 2. The van der Waals surface area contributed by atoms with Crippen molar-refractivity contribution in [3.8, 4) is 0 Å². The highest BCUT2D eigenvalue weighted by Gasteiger charge is 2.22. The lowest BCUT2D eigenvalue weighted by atomic mass is 10.2. The summed E-state index contributed by atoms with van der Waals surface area (Å²) in [6.07, 6.45) is 2.88. The molecule has 0 unspecified atom stereocenters. The van der Waals surface area contributed by atoms with E-state index in [0.29, 0.717) is 16.6 Å². The van der Waals surface area contributed by atoms with E-state index in [0.717, 1.165) is 10.2 Å². The summed E-state index contributed by atoms with van der Waals surface area (Å²) in [5, 5.41) is 20.7. The third kappa shape index (κ3) is 3.71. The summed E-state index contributed by atoms with van der Waals surface area (Å²) in [5.41, 5.74) is 0.651. The number of halogens is 2. The van der Waals surface area contributed by atoms with E-state index in [1.807, 2.05) is 6.07 Å². The zero-order valence-corrected chi connectivity index (χ0v) is 15.0. The zero-order valence-electron chi connectivity index (χ0n) is 13.5. The van der Waals surface area contributed by atoms with Gasteiger partial charge < -0.3 is 10.4 Å². The smallest absolute Gasteiger partial charge is 0.354 e. The second-order valence-electron chi connectivity index (χ2n) is 5.44. The molecule has 0 saturated heterocycles. The summed E-state index contributed by atoms with van der Waals surface area (Å²) in [5.74, 6) is -1.55. The molecule has 0 aliphatic carbocycles. The van der Waals surface area contributed by atoms with E-state index >= 15 is 0 Å². The van der Waals surface area contributed by atoms with Gasteiger partial charge in [0.25, 0.3) is 5.91 Å². The molecular formula is C16H13Cl2N5O3. The Morgan fingerprint density at radius 2 is 2.00 bits per heavy atom. The first-order chi connectivity index (χ1) is 12.3. The molecule has 0 bridgehead atoms. The zero-order chi connectivity index (χ0) is 18.8. The van der Waals surface area contributed by atoms with E-state index in [9.17, 15) is 14.7 Å². The van der Waals surface area contributed by atoms with Crippen LogP contribution in [-0.2, 0) is 13.6 Å². The molecule has 0 spiro atoms. The molecule has 1 amide bonds. The van der Waals surface area contributed by atoms with Gasteiger partial charge in [0, 0.05) is 19.3 Å². The van der Waals surface area contributed by atoms with Crippen LogP contribution in [0.1, 0.15) is 26.4 Å². The van der Waals surface area contributed by atoms with Gasteiger partial charge in [0.1, 0.15) is 0 Å². The molecule has 8 nitrogen and oxygen atoms in total. The van der Waals surface area contributed by atoms with Crippen LogP contribution in [0.25, 0.3) is 0 Å². The van der Waals surface area contributed by atoms with E-state index in [1.165, 1.54) is 13.2 Å². The summed E-state index contributed by atoms with van der Waals surface area (Å²) in [7, 11) is 1.45. The Kier molecular flexibility index (Phi) is 4.97. The molecular weight excluding hydrogens is 381 g/mol. The summed E-state index contributed by atoms with van der Waals surface area (Å²) < 4.78 is 2.73. The first-order valence-electron chi connectivity index (χ1n) is 7.39. The topological polar surface area (TPSA) is 102 Å². The number of anilines is 1. The van der Waals surface area contributed by atoms with Gasteiger partial charge >= 0.3 is 5.97 Å². The number of benzene rings is 1. The molecule has 0 radical (unpaired) electrons. The first-order valence-corrected chi connectivity index (χ1v) is 8.15. The van der Waals surface area contributed by atoms with Crippen LogP contribution in [0.5, 0.6) is 0 Å². The van der Waals surface area contributed by atoms with Gasteiger partial charge in [-0.15, -0.1) is 0 Å². The normalized spacial score (nSPS) is 10.7. The van der Waals surface area contributed by atoms with Crippen molar-refractivity contribution in [2.75, 3.05) is 5.32 Å². The van der Waals surface area contributed by atoms with Gasteiger partial charge in [0.05, 0.1) is 28.4 Å². The van der Waals surface area contributed by atoms with E-state index in [2.05, 4.69) is 15.5 Å². The number of aromatic carboxylic acids is 1. The van der Waals surface area contributed by atoms with E-state index < -0.39 is 11.9 Å². The summed E-state index contributed by atoms with van der Waals surface area (Å²) in [6, 6.07) is 6.86. The van der Waals surface area contributed by atoms with E-state index in [4.69, 9.17) is 23.2 Å². The largest absolute Gasteiger partial charge is 0.477 e. The Morgan fingerprint density at radius 1 is 1.23 bits per heavy atom. The van der Waals surface area contributed by atoms with Gasteiger partial charge in [0.2, 0.25) is 0 Å². The van der Waals surface area contributed by atoms with Crippen LogP contribution >= 0.6 is 23.2 Å². The number of hydrogen-bond donors (Lipinski definition) is 2. The van der Waals surface area contributed by atoms with Crippen molar-refractivity contribution in [3.05, 3.63) is 63.5 Å². The number of aryl methyl sites for hydroxylation is 1. The fourth-order valence-electron chi connectivity index (χ4n) is 2.38. The van der Waals surface area contributed by atoms with Gasteiger partial charge in [-0.25, -0.2) is 4.79 Å². The quantitative estimate of drug-likeness (QED) is 0.693. The van der Waals surface area contributed by atoms with Crippen LogP contribution in [0.15, 0.2) is 36.7 Å². The maximum absolute atomic E-state index is 12.3. The average molecular weight is 394 g/mol. The third-order valence-electron chi connectivity index (χ3n) is 3.60. The highest BCUT2D eigenvalue weighted by Crippen LogP contribution is 2.23. The SMILES string of the molecule is Cn1ncc(C(=O)Nc2ccn(Cc3ccc(Cl)c(Cl)c3)n2)c1C(=O)O. The molecule has 2 heterocycles. The van der Waals surface area contributed by atoms with E-state index in [1.54, 1.807) is 29.1 Å². The van der Waals surface area contributed by atoms with Crippen molar-refractivity contribution in [1.29, 1.82) is 0 Å². The number of nitrogens with one attached hydrogen (secondary N) is 1. The van der Waals surface area contributed by atoms with Gasteiger partial charge in [-0.1, -0.05) is 29.3 Å². The number of carbonyl (C=O) groups excluding carboxylic acids is 1. The summed E-state index contributed by atoms with van der Waals surface area (Å²) in [6.45, 7) is 0.431. The minimum absolute atomic E-state index is 0.0426. The van der Waals surface area contributed by atoms with Crippen LogP contribution in [0, 0.1) is 0 Å². The number of nitrogens with zero attached hydrogens (tertiary/aromatic N) is 4. The monoisotopic (exact) mass is 393 g/mol. The van der Waals surface area contributed by atoms with E-state index in [-0.39, 0.29) is 17.1 Å². The Labute approximate surface area is 157 Å². The Hall–Kier alpha value is -2.84. The fourth-order valence-corrected chi connectivity index (χ4v) is 2.70. The molecule has 0 fully saturated rings. The van der Waals surface area contributed by atoms with Crippen LogP contribution in [0.3, 0.4) is 0 Å². The molecule has 0 aliphatic heterocycles. The molecule has 0 saturated carbocycles. The molecule has 2 aromatic heterocycles. The fraction of sp³-hybridized carbons (Fsp3) is 0.125. The first kappa shape index (κ1) is 18.0. The predicted molar refractivity (Wildman–Crippen MR) is 95.9 cm³/mol. The lowest BCUT2D eigenvalue weighted by Gasteiger charge is -2.04. The van der Waals surface area contributed by atoms with Crippen LogP contribution in [0.4, 0.5) is 5.82 Å². The summed E-state index contributed by atoms with van der Waals surface area (Å²) in [4.78, 5) is 23.5. The number of carboxylic acid groups (broad SMARTS) is 1. The molecule has 134 valence electrons. The summed E-state index contributed by atoms with van der Waals surface area (Å²) >= 11 is 11.9. The Bertz CT molecular complexity index is 996. The number of aromatic nitrogens is 4. The molecule has 3 aromatic rings. The highest BCUT2D eigenvalue weighted by molar-refractivity contribution is 6.42. The Balaban J connectivity index is 1.73. The number of carboxylic acids is 1. The second kappa shape index (κ2) is 7.19. The van der Waals surface area contributed by atoms with Gasteiger partial charge in [-0.05, 0) is 17.7 Å². The predicted octanol–water partition coefficient (Wildman–Crippen LogP) is 2.92. The van der Waals surface area contributed by atoms with Gasteiger partial charge in [-0.2, -0.15) is 10.2 Å². The lowest BCUT2D eigenvalue weighted by Crippen LogP contribution is -2.17. The molecule has 1 aromatic carbocycles. The van der Waals surface area contributed by atoms with Crippen molar-refractivity contribution in [2.45, 2.75) is 6.54 Å². The standard InChI is InChI=1S/C16H13Cl2N5O3/c1-22-14(16(25)26)10(7-19-22)15(24)20-13-4-5-23(21-13)8-9-2-3-11(17)12(18)6-9/h2-7H,8H2,1H3,(H,25,26)(H,20,21,24). The number of hydrogen-bond acceptors (Lipinski definition) is 4. The molecule has 0 aliphatic rings. The van der Waals surface area contributed by atoms with Crippen molar-refractivity contribution < 1.29 is 14.7 Å². The van der Waals surface area contributed by atoms with Crippen molar-refractivity contribution >= 4 is 40.9 Å². The van der Waals surface area contributed by atoms with Crippen LogP contribution in [-0.4, -0.2) is 36.5 Å². The molecule has 2 N–H and O–H groups in total. The van der Waals surface area contributed by atoms with Gasteiger partial charge in [0.15, 0.2) is 11.5 Å². The minimum atomic E-state index is -1.24. The van der Waals surface area contributed by atoms with Gasteiger partial charge in [-0.3, -0.25) is 14.2 Å². The Morgan fingerprint density at radius 3 is 2.69 bits per heavy atom. The molecule has 10 heteroatoms.